The Hall–Kier alpha value is -3.41. The lowest BCUT2D eigenvalue weighted by molar-refractivity contribution is 0.0594. The number of esters is 1. The first-order valence-electron chi connectivity index (χ1n) is 10.1. The lowest BCUT2D eigenvalue weighted by atomic mass is 9.89. The van der Waals surface area contributed by atoms with Gasteiger partial charge in [0.05, 0.1) is 12.7 Å². The largest absolute Gasteiger partial charge is 0.464 e. The molecule has 0 radical (unpaired) electrons. The number of carbonyl (C=O) groups is 2. The van der Waals surface area contributed by atoms with Crippen molar-refractivity contribution in [3.63, 3.8) is 0 Å². The van der Waals surface area contributed by atoms with Gasteiger partial charge >= 0.3 is 5.97 Å². The highest BCUT2D eigenvalue weighted by Gasteiger charge is 2.28. The molecule has 0 saturated carbocycles. The molecule has 154 valence electrons. The molecule has 1 saturated heterocycles. The first-order valence-corrected chi connectivity index (χ1v) is 10.1. The number of hydrogen-bond donors (Lipinski definition) is 0. The molecule has 1 aliphatic rings. The number of rotatable bonds is 5. The van der Waals surface area contributed by atoms with Gasteiger partial charge in [0.2, 0.25) is 0 Å². The van der Waals surface area contributed by atoms with Gasteiger partial charge in [0, 0.05) is 18.7 Å². The highest BCUT2D eigenvalue weighted by Crippen LogP contribution is 2.30. The van der Waals surface area contributed by atoms with Gasteiger partial charge in [0.25, 0.3) is 5.91 Å². The van der Waals surface area contributed by atoms with Crippen LogP contribution in [-0.4, -0.2) is 42.0 Å². The van der Waals surface area contributed by atoms with Gasteiger partial charge in [-0.2, -0.15) is 0 Å². The molecule has 1 fully saturated rings. The van der Waals surface area contributed by atoms with Crippen LogP contribution in [0.3, 0.4) is 0 Å². The van der Waals surface area contributed by atoms with Crippen LogP contribution in [0.15, 0.2) is 65.4 Å². The van der Waals surface area contributed by atoms with Crippen molar-refractivity contribution in [1.82, 2.24) is 9.88 Å². The van der Waals surface area contributed by atoms with E-state index in [4.69, 9.17) is 9.15 Å². The number of methoxy groups -OCH3 is 1. The van der Waals surface area contributed by atoms with E-state index in [1.807, 2.05) is 23.1 Å². The number of amides is 1. The fourth-order valence-electron chi connectivity index (χ4n) is 4.00. The van der Waals surface area contributed by atoms with Crippen molar-refractivity contribution >= 4 is 11.9 Å². The van der Waals surface area contributed by atoms with Gasteiger partial charge in [-0.3, -0.25) is 4.79 Å². The Morgan fingerprint density at radius 3 is 2.50 bits per heavy atom. The fraction of sp³-hybridized carbons (Fsp3) is 0.292. The summed E-state index contributed by atoms with van der Waals surface area (Å²) in [5.41, 5.74) is 2.46. The number of carbonyl (C=O) groups excluding carboxylic acids is 2. The highest BCUT2D eigenvalue weighted by molar-refractivity contribution is 6.03. The van der Waals surface area contributed by atoms with E-state index in [0.717, 1.165) is 19.3 Å². The quantitative estimate of drug-likeness (QED) is 0.595. The standard InChI is InChI=1S/C24H24N2O4/c1-29-24(28)21-22(30-16-25-21)19-9-5-6-10-20(19)23(27)26-13-11-18(12-14-26)15-17-7-3-2-4-8-17/h2-10,16,18H,11-15H2,1H3. The van der Waals surface area contributed by atoms with Crippen molar-refractivity contribution in [2.45, 2.75) is 19.3 Å². The van der Waals surface area contributed by atoms with Crippen LogP contribution in [0.25, 0.3) is 11.3 Å². The molecule has 0 aliphatic carbocycles. The lowest BCUT2D eigenvalue weighted by Gasteiger charge is -2.32. The van der Waals surface area contributed by atoms with E-state index >= 15 is 0 Å². The van der Waals surface area contributed by atoms with Crippen LogP contribution in [-0.2, 0) is 11.2 Å². The first kappa shape index (κ1) is 19.9. The van der Waals surface area contributed by atoms with Gasteiger partial charge in [-0.1, -0.05) is 48.5 Å². The maximum Gasteiger partial charge on any atom is 0.360 e. The van der Waals surface area contributed by atoms with E-state index in [1.54, 1.807) is 12.1 Å². The molecule has 6 nitrogen and oxygen atoms in total. The molecule has 6 heteroatoms. The minimum absolute atomic E-state index is 0.0593. The zero-order valence-corrected chi connectivity index (χ0v) is 16.9. The summed E-state index contributed by atoms with van der Waals surface area (Å²) in [6, 6.07) is 17.6. The second-order valence-electron chi connectivity index (χ2n) is 7.49. The molecule has 2 aromatic carbocycles. The van der Waals surface area contributed by atoms with Crippen LogP contribution >= 0.6 is 0 Å². The van der Waals surface area contributed by atoms with E-state index in [0.29, 0.717) is 30.1 Å². The van der Waals surface area contributed by atoms with Gasteiger partial charge in [0.15, 0.2) is 17.8 Å². The normalized spacial score (nSPS) is 14.5. The summed E-state index contributed by atoms with van der Waals surface area (Å²) in [7, 11) is 1.29. The Morgan fingerprint density at radius 2 is 1.77 bits per heavy atom. The number of piperidine rings is 1. The molecular formula is C24H24N2O4. The van der Waals surface area contributed by atoms with Crippen LogP contribution in [0.1, 0.15) is 39.3 Å². The van der Waals surface area contributed by atoms with Crippen LogP contribution in [0, 0.1) is 5.92 Å². The van der Waals surface area contributed by atoms with Crippen LogP contribution in [0.2, 0.25) is 0 Å². The van der Waals surface area contributed by atoms with Crippen LogP contribution in [0.4, 0.5) is 0 Å². The van der Waals surface area contributed by atoms with Crippen molar-refractivity contribution in [2.24, 2.45) is 5.92 Å². The van der Waals surface area contributed by atoms with Crippen molar-refractivity contribution in [2.75, 3.05) is 20.2 Å². The monoisotopic (exact) mass is 404 g/mol. The topological polar surface area (TPSA) is 72.6 Å². The Kier molecular flexibility index (Phi) is 5.93. The Balaban J connectivity index is 1.49. The van der Waals surface area contributed by atoms with Gasteiger partial charge < -0.3 is 14.1 Å². The SMILES string of the molecule is COC(=O)c1ncoc1-c1ccccc1C(=O)N1CCC(Cc2ccccc2)CC1. The van der Waals surface area contributed by atoms with E-state index in [9.17, 15) is 9.59 Å². The van der Waals surface area contributed by atoms with E-state index in [-0.39, 0.29) is 17.4 Å². The average Bonchev–Trinajstić information content (AvgIpc) is 3.29. The number of hydrogen-bond acceptors (Lipinski definition) is 5. The number of aromatic nitrogens is 1. The van der Waals surface area contributed by atoms with Gasteiger partial charge in [-0.05, 0) is 36.8 Å². The molecule has 0 bridgehead atoms. The summed E-state index contributed by atoms with van der Waals surface area (Å²) in [5.74, 6) is 0.176. The molecule has 4 rings (SSSR count). The minimum atomic E-state index is -0.595. The molecule has 0 N–H and O–H groups in total. The molecule has 1 aliphatic heterocycles. The molecule has 30 heavy (non-hydrogen) atoms. The summed E-state index contributed by atoms with van der Waals surface area (Å²) < 4.78 is 10.2. The molecule has 0 atom stereocenters. The summed E-state index contributed by atoms with van der Waals surface area (Å²) in [6.07, 6.45) is 4.18. The molecule has 1 amide bonds. The molecule has 0 unspecified atom stereocenters. The number of nitrogens with zero attached hydrogens (tertiary/aromatic N) is 2. The Labute approximate surface area is 175 Å². The maximum absolute atomic E-state index is 13.3. The van der Waals surface area contributed by atoms with E-state index in [2.05, 4.69) is 29.2 Å². The summed E-state index contributed by atoms with van der Waals surface area (Å²) >= 11 is 0. The number of benzene rings is 2. The van der Waals surface area contributed by atoms with Gasteiger partial charge in [-0.15, -0.1) is 0 Å². The molecule has 0 spiro atoms. The predicted octanol–water partition coefficient (Wildman–Crippen LogP) is 4.22. The van der Waals surface area contributed by atoms with Gasteiger partial charge in [0.1, 0.15) is 0 Å². The third-order valence-electron chi connectivity index (χ3n) is 5.62. The summed E-state index contributed by atoms with van der Waals surface area (Å²) in [5, 5.41) is 0. The third kappa shape index (κ3) is 4.13. The van der Waals surface area contributed by atoms with Crippen molar-refractivity contribution < 1.29 is 18.7 Å². The summed E-state index contributed by atoms with van der Waals surface area (Å²) in [6.45, 7) is 1.43. The molecule has 1 aromatic heterocycles. The first-order chi connectivity index (χ1) is 14.7. The average molecular weight is 404 g/mol. The predicted molar refractivity (Wildman–Crippen MR) is 112 cm³/mol. The van der Waals surface area contributed by atoms with Crippen molar-refractivity contribution in [3.8, 4) is 11.3 Å². The number of oxazole rings is 1. The van der Waals surface area contributed by atoms with Crippen LogP contribution in [0.5, 0.6) is 0 Å². The van der Waals surface area contributed by atoms with Gasteiger partial charge in [-0.25, -0.2) is 9.78 Å². The number of ether oxygens (including phenoxy) is 1. The zero-order valence-electron chi connectivity index (χ0n) is 16.9. The Bertz CT molecular complexity index is 1020. The van der Waals surface area contributed by atoms with E-state index in [1.165, 1.54) is 19.1 Å². The van der Waals surface area contributed by atoms with Crippen molar-refractivity contribution in [3.05, 3.63) is 77.8 Å². The second-order valence-corrected chi connectivity index (χ2v) is 7.49. The molecule has 2 heterocycles. The summed E-state index contributed by atoms with van der Waals surface area (Å²) in [4.78, 5) is 31.1. The molecule has 3 aromatic rings. The lowest BCUT2D eigenvalue weighted by Crippen LogP contribution is -2.39. The Morgan fingerprint density at radius 1 is 1.07 bits per heavy atom. The number of likely N-dealkylation sites (tertiary alicyclic amines) is 1. The maximum atomic E-state index is 13.3. The second kappa shape index (κ2) is 8.95. The van der Waals surface area contributed by atoms with Crippen LogP contribution < -0.4 is 0 Å². The highest BCUT2D eigenvalue weighted by atomic mass is 16.5. The molecular weight excluding hydrogens is 380 g/mol. The van der Waals surface area contributed by atoms with Crippen molar-refractivity contribution in [1.29, 1.82) is 0 Å². The zero-order chi connectivity index (χ0) is 20.9. The minimum Gasteiger partial charge on any atom is -0.464 e. The fourth-order valence-corrected chi connectivity index (χ4v) is 4.00. The third-order valence-corrected chi connectivity index (χ3v) is 5.62. The smallest absolute Gasteiger partial charge is 0.360 e. The van der Waals surface area contributed by atoms with E-state index < -0.39 is 5.97 Å².